The van der Waals surface area contributed by atoms with Gasteiger partial charge in [-0.3, -0.25) is 0 Å². The van der Waals surface area contributed by atoms with Crippen LogP contribution in [0.1, 0.15) is 85.9 Å². The van der Waals surface area contributed by atoms with Crippen LogP contribution in [0.4, 0.5) is 28.9 Å². The molecule has 0 saturated carbocycles. The molecule has 0 aliphatic heterocycles. The fraction of sp³-hybridized carbons (Fsp3) is 0.292. The summed E-state index contributed by atoms with van der Waals surface area (Å²) in [5.41, 5.74) is -0.146. The van der Waals surface area contributed by atoms with Gasteiger partial charge in [-0.05, 0) is 0 Å². The van der Waals surface area contributed by atoms with Crippen molar-refractivity contribution >= 4 is 54.1 Å². The van der Waals surface area contributed by atoms with Gasteiger partial charge in [0.2, 0.25) is 0 Å². The van der Waals surface area contributed by atoms with Crippen molar-refractivity contribution in [1.29, 1.82) is 0 Å². The van der Waals surface area contributed by atoms with Crippen molar-refractivity contribution in [2.75, 3.05) is 22.9 Å². The van der Waals surface area contributed by atoms with Gasteiger partial charge in [0.15, 0.2) is 0 Å². The summed E-state index contributed by atoms with van der Waals surface area (Å²) in [6, 6.07) is 17.5. The van der Waals surface area contributed by atoms with Gasteiger partial charge in [-0.25, -0.2) is 0 Å². The molecule has 0 heterocycles. The first kappa shape index (κ1) is 44.3. The summed E-state index contributed by atoms with van der Waals surface area (Å²) in [4.78, 5) is 31.3. The Labute approximate surface area is 358 Å². The molecule has 0 fully saturated rings. The van der Waals surface area contributed by atoms with Gasteiger partial charge in [0, 0.05) is 0 Å². The van der Waals surface area contributed by atoms with Crippen LogP contribution in [0.3, 0.4) is 0 Å². The van der Waals surface area contributed by atoms with Crippen LogP contribution in [-0.2, 0) is 16.6 Å². The Kier molecular flexibility index (Phi) is 15.3. The van der Waals surface area contributed by atoms with Gasteiger partial charge in [0.25, 0.3) is 0 Å². The van der Waals surface area contributed by atoms with Crippen molar-refractivity contribution in [3.05, 3.63) is 166 Å². The molecule has 308 valence electrons. The Hall–Kier alpha value is -4.21. The molecular weight excluding hydrogens is 831 g/mol. The second kappa shape index (κ2) is 20.4. The second-order valence-corrected chi connectivity index (χ2v) is 22.1. The van der Waals surface area contributed by atoms with Crippen LogP contribution in [0.2, 0.25) is 18.5 Å². The van der Waals surface area contributed by atoms with Gasteiger partial charge in [-0.15, -0.1) is 0 Å². The maximum absolute atomic E-state index is 18.1. The summed E-state index contributed by atoms with van der Waals surface area (Å²) in [6.07, 6.45) is 20.0. The molecule has 0 radical (unpaired) electrons. The summed E-state index contributed by atoms with van der Waals surface area (Å²) < 4.78 is 68.1. The summed E-state index contributed by atoms with van der Waals surface area (Å²) >= 11 is 7.65. The summed E-state index contributed by atoms with van der Waals surface area (Å²) in [6.45, 7) is 4.28. The van der Waals surface area contributed by atoms with E-state index in [9.17, 15) is 9.59 Å². The van der Waals surface area contributed by atoms with Crippen molar-refractivity contribution in [3.8, 4) is 0 Å². The quantitative estimate of drug-likeness (QED) is 0.0568. The first-order valence-corrected chi connectivity index (χ1v) is 24.5. The number of amides is 2. The molecule has 0 aromatic heterocycles. The zero-order valence-corrected chi connectivity index (χ0v) is 36.3. The number of rotatable bonds is 18. The fourth-order valence-corrected chi connectivity index (χ4v) is 17.6. The number of hydrogen-bond acceptors (Lipinski definition) is 2. The van der Waals surface area contributed by atoms with E-state index in [2.05, 4.69) is 0 Å². The molecule has 0 bridgehead atoms. The topological polar surface area (TPSA) is 40.6 Å². The SMILES string of the molecule is CCCCCCN(C(=O)c1ccccc1Cl)c1ccc(F)[c]([Ti]([c]2c(F)ccc(N(CCCCCC)C(=O)c3ccccc3Cl)c2F)([CH]2C=CC=C2)[CH]2C=CC=C2)c1F. The minimum absolute atomic E-state index is 0.0911. The van der Waals surface area contributed by atoms with Crippen LogP contribution >= 0.6 is 23.2 Å². The predicted octanol–water partition coefficient (Wildman–Crippen LogP) is 12.9. The summed E-state index contributed by atoms with van der Waals surface area (Å²) in [5, 5.41) is 0.333. The van der Waals surface area contributed by atoms with Gasteiger partial charge in [-0.2, -0.15) is 0 Å². The van der Waals surface area contributed by atoms with Gasteiger partial charge in [0.1, 0.15) is 0 Å². The van der Waals surface area contributed by atoms with Crippen LogP contribution in [0.5, 0.6) is 0 Å². The van der Waals surface area contributed by atoms with E-state index in [-0.39, 0.29) is 45.6 Å². The van der Waals surface area contributed by atoms with Crippen molar-refractivity contribution in [2.24, 2.45) is 0 Å². The summed E-state index contributed by atoms with van der Waals surface area (Å²) in [5.74, 6) is -5.24. The number of nitrogens with zero attached hydrogens (tertiary/aromatic N) is 2. The van der Waals surface area contributed by atoms with Crippen LogP contribution in [0.15, 0.2) is 121 Å². The third-order valence-corrected chi connectivity index (χ3v) is 20.4. The number of allylic oxidation sites excluding steroid dienone is 8. The Balaban J connectivity index is 1.63. The molecule has 0 N–H and O–H groups in total. The minimum atomic E-state index is -5.36. The number of hydrogen-bond donors (Lipinski definition) is 0. The third kappa shape index (κ3) is 9.12. The second-order valence-electron chi connectivity index (χ2n) is 15.0. The van der Waals surface area contributed by atoms with Crippen LogP contribution in [-0.4, -0.2) is 24.9 Å². The standard InChI is InChI=1S/2C19H19ClF2NO.2C5H5.Ti/c2*1-2-3-4-7-12-23(18-11-10-14(21)13-17(18)22)19(24)15-8-5-6-9-16(15)20;2*1-2-4-5-3-1;/h2*5-6,8-11H,2-4,7,12H2,1H3;2*1-5H;. The molecule has 59 heavy (non-hydrogen) atoms. The Morgan fingerprint density at radius 2 is 0.915 bits per heavy atom. The molecule has 0 saturated heterocycles. The van der Waals surface area contributed by atoms with Crippen molar-refractivity contribution < 1.29 is 43.7 Å². The molecular formula is C48H48Cl2F4N2O2Ti. The first-order chi connectivity index (χ1) is 28.6. The number of carbonyl (C=O) groups is 2. The zero-order valence-electron chi connectivity index (χ0n) is 33.3. The monoisotopic (exact) mass is 878 g/mol. The first-order valence-electron chi connectivity index (χ1n) is 20.4. The average Bonchev–Trinajstić information content (AvgIpc) is 3.98. The van der Waals surface area contributed by atoms with Crippen LogP contribution in [0.25, 0.3) is 0 Å². The Bertz CT molecular complexity index is 2110. The van der Waals surface area contributed by atoms with E-state index in [1.54, 1.807) is 97.1 Å². The molecule has 0 atom stereocenters. The van der Waals surface area contributed by atoms with E-state index < -0.39 is 67.9 Å². The van der Waals surface area contributed by atoms with Gasteiger partial charge in [0.05, 0.1) is 0 Å². The number of anilines is 2. The van der Waals surface area contributed by atoms with Crippen molar-refractivity contribution in [1.82, 2.24) is 0 Å². The molecule has 2 amide bonds. The number of benzene rings is 4. The molecule has 4 aromatic carbocycles. The molecule has 2 aliphatic carbocycles. The van der Waals surface area contributed by atoms with Gasteiger partial charge < -0.3 is 0 Å². The Morgan fingerprint density at radius 3 is 1.27 bits per heavy atom. The van der Waals surface area contributed by atoms with E-state index in [0.29, 0.717) is 12.8 Å². The van der Waals surface area contributed by atoms with Crippen LogP contribution in [0, 0.1) is 23.3 Å². The predicted molar refractivity (Wildman–Crippen MR) is 231 cm³/mol. The average molecular weight is 880 g/mol. The van der Waals surface area contributed by atoms with Crippen molar-refractivity contribution in [2.45, 2.75) is 73.7 Å². The zero-order chi connectivity index (χ0) is 42.1. The van der Waals surface area contributed by atoms with E-state index >= 15 is 17.6 Å². The van der Waals surface area contributed by atoms with E-state index in [0.717, 1.165) is 50.7 Å². The van der Waals surface area contributed by atoms with Gasteiger partial charge >= 0.3 is 360 Å². The van der Waals surface area contributed by atoms with E-state index in [4.69, 9.17) is 23.2 Å². The molecule has 6 rings (SSSR count). The molecule has 11 heteroatoms. The molecule has 4 nitrogen and oxygen atoms in total. The number of unbranched alkanes of at least 4 members (excludes halogenated alkanes) is 6. The van der Waals surface area contributed by atoms with Crippen molar-refractivity contribution in [3.63, 3.8) is 0 Å². The van der Waals surface area contributed by atoms with Gasteiger partial charge in [-0.1, -0.05) is 0 Å². The normalized spacial score (nSPS) is 13.8. The molecule has 4 aromatic rings. The fourth-order valence-electron chi connectivity index (χ4n) is 8.36. The maximum atomic E-state index is 18.1. The van der Waals surface area contributed by atoms with Crippen LogP contribution < -0.4 is 17.5 Å². The van der Waals surface area contributed by atoms with E-state index in [1.807, 2.05) is 13.8 Å². The third-order valence-electron chi connectivity index (χ3n) is 11.3. The number of halogens is 6. The van der Waals surface area contributed by atoms with E-state index in [1.165, 1.54) is 21.9 Å². The molecule has 2 aliphatic rings. The summed E-state index contributed by atoms with van der Waals surface area (Å²) in [7, 11) is 0. The Morgan fingerprint density at radius 1 is 0.542 bits per heavy atom. The molecule has 0 spiro atoms. The molecule has 0 unspecified atom stereocenters. The number of carbonyl (C=O) groups excluding carboxylic acids is 2.